The minimum absolute atomic E-state index is 0.0808. The SMILES string of the molecule is O=C(COc1cccc(Br)c1)NNC(=O)CC12CC3CC(CC(C3)C1)C2. The highest BCUT2D eigenvalue weighted by atomic mass is 79.9. The second-order valence-corrected chi connectivity index (χ2v) is 9.35. The quantitative estimate of drug-likeness (QED) is 0.715. The van der Waals surface area contributed by atoms with E-state index in [0.29, 0.717) is 12.2 Å². The summed E-state index contributed by atoms with van der Waals surface area (Å²) >= 11 is 3.36. The van der Waals surface area contributed by atoms with Crippen molar-refractivity contribution < 1.29 is 14.3 Å². The van der Waals surface area contributed by atoms with Crippen molar-refractivity contribution >= 4 is 27.7 Å². The first-order valence-electron chi connectivity index (χ1n) is 9.46. The predicted octanol–water partition coefficient (Wildman–Crippen LogP) is 3.58. The molecular weight excluding hydrogens is 396 g/mol. The fourth-order valence-electron chi connectivity index (χ4n) is 5.77. The summed E-state index contributed by atoms with van der Waals surface area (Å²) in [6.45, 7) is -0.131. The molecule has 5 nitrogen and oxygen atoms in total. The molecule has 140 valence electrons. The lowest BCUT2D eigenvalue weighted by molar-refractivity contribution is -0.134. The average molecular weight is 421 g/mol. The number of hydrogen-bond donors (Lipinski definition) is 2. The molecule has 4 fully saturated rings. The lowest BCUT2D eigenvalue weighted by Gasteiger charge is -2.56. The standard InChI is InChI=1S/C20H25BrN2O3/c21-16-2-1-3-17(7-16)26-12-19(25)23-22-18(24)11-20-8-13-4-14(9-20)6-15(5-13)10-20/h1-3,7,13-15H,4-6,8-12H2,(H,22,24)(H,23,25). The van der Waals surface area contributed by atoms with Gasteiger partial charge in [-0.05, 0) is 79.9 Å². The molecule has 5 rings (SSSR count). The Labute approximate surface area is 162 Å². The van der Waals surface area contributed by atoms with Gasteiger partial charge >= 0.3 is 0 Å². The van der Waals surface area contributed by atoms with Crippen molar-refractivity contribution in [3.8, 4) is 5.75 Å². The van der Waals surface area contributed by atoms with Crippen LogP contribution in [0.5, 0.6) is 5.75 Å². The van der Waals surface area contributed by atoms with Gasteiger partial charge in [0.05, 0.1) is 0 Å². The first-order valence-corrected chi connectivity index (χ1v) is 10.2. The molecule has 0 atom stereocenters. The molecule has 2 N–H and O–H groups in total. The number of carbonyl (C=O) groups is 2. The third-order valence-electron chi connectivity index (χ3n) is 6.21. The molecule has 4 bridgehead atoms. The van der Waals surface area contributed by atoms with E-state index in [1.165, 1.54) is 38.5 Å². The third kappa shape index (κ3) is 4.05. The molecule has 0 unspecified atom stereocenters. The Morgan fingerprint density at radius 3 is 2.27 bits per heavy atom. The van der Waals surface area contributed by atoms with Gasteiger partial charge < -0.3 is 4.74 Å². The molecule has 1 aromatic carbocycles. The van der Waals surface area contributed by atoms with Crippen molar-refractivity contribution in [2.75, 3.05) is 6.61 Å². The summed E-state index contributed by atoms with van der Waals surface area (Å²) in [4.78, 5) is 24.3. The normalized spacial score (nSPS) is 31.5. The lowest BCUT2D eigenvalue weighted by atomic mass is 9.49. The number of nitrogens with one attached hydrogen (secondary N) is 2. The van der Waals surface area contributed by atoms with E-state index in [2.05, 4.69) is 26.8 Å². The van der Waals surface area contributed by atoms with Crippen LogP contribution in [0.1, 0.15) is 44.9 Å². The zero-order chi connectivity index (χ0) is 18.1. The van der Waals surface area contributed by atoms with Gasteiger partial charge in [-0.3, -0.25) is 20.4 Å². The molecule has 0 spiro atoms. The van der Waals surface area contributed by atoms with Gasteiger partial charge in [0.2, 0.25) is 5.91 Å². The minimum Gasteiger partial charge on any atom is -0.484 e. The van der Waals surface area contributed by atoms with Gasteiger partial charge in [-0.1, -0.05) is 22.0 Å². The zero-order valence-corrected chi connectivity index (χ0v) is 16.4. The number of benzene rings is 1. The molecule has 0 aliphatic heterocycles. The highest BCUT2D eigenvalue weighted by molar-refractivity contribution is 9.10. The summed E-state index contributed by atoms with van der Waals surface area (Å²) in [5, 5.41) is 0. The van der Waals surface area contributed by atoms with Crippen molar-refractivity contribution in [2.24, 2.45) is 23.2 Å². The smallest absolute Gasteiger partial charge is 0.276 e. The average Bonchev–Trinajstić information content (AvgIpc) is 2.56. The van der Waals surface area contributed by atoms with E-state index in [4.69, 9.17) is 4.74 Å². The van der Waals surface area contributed by atoms with Crippen LogP contribution in [0.4, 0.5) is 0 Å². The van der Waals surface area contributed by atoms with Crippen LogP contribution in [-0.2, 0) is 9.59 Å². The van der Waals surface area contributed by atoms with Crippen LogP contribution in [0.15, 0.2) is 28.7 Å². The number of hydrazine groups is 1. The number of carbonyl (C=O) groups excluding carboxylic acids is 2. The summed E-state index contributed by atoms with van der Waals surface area (Å²) in [6.07, 6.45) is 8.19. The molecule has 4 aliphatic carbocycles. The number of hydrogen-bond acceptors (Lipinski definition) is 3. The molecule has 0 heterocycles. The number of halogens is 1. The highest BCUT2D eigenvalue weighted by Crippen LogP contribution is 2.61. The first-order chi connectivity index (χ1) is 12.5. The maximum absolute atomic E-state index is 12.4. The van der Waals surface area contributed by atoms with Crippen LogP contribution >= 0.6 is 15.9 Å². The molecule has 1 aromatic rings. The van der Waals surface area contributed by atoms with Crippen LogP contribution in [0.3, 0.4) is 0 Å². The van der Waals surface area contributed by atoms with Crippen molar-refractivity contribution in [1.29, 1.82) is 0 Å². The molecule has 4 aliphatic rings. The van der Waals surface area contributed by atoms with Gasteiger partial charge in [-0.2, -0.15) is 0 Å². The van der Waals surface area contributed by atoms with E-state index < -0.39 is 0 Å². The molecule has 26 heavy (non-hydrogen) atoms. The topological polar surface area (TPSA) is 67.4 Å². The fraction of sp³-hybridized carbons (Fsp3) is 0.600. The summed E-state index contributed by atoms with van der Waals surface area (Å²) < 4.78 is 6.31. The summed E-state index contributed by atoms with van der Waals surface area (Å²) in [6, 6.07) is 7.30. The summed E-state index contributed by atoms with van der Waals surface area (Å²) in [5.74, 6) is 2.63. The second-order valence-electron chi connectivity index (χ2n) is 8.44. The van der Waals surface area contributed by atoms with E-state index in [9.17, 15) is 9.59 Å². The Kier molecular flexibility index (Phi) is 4.95. The number of rotatable bonds is 5. The fourth-order valence-corrected chi connectivity index (χ4v) is 6.15. The van der Waals surface area contributed by atoms with Crippen LogP contribution < -0.4 is 15.6 Å². The molecule has 2 amide bonds. The van der Waals surface area contributed by atoms with Gasteiger partial charge in [0.1, 0.15) is 5.75 Å². The molecule has 4 saturated carbocycles. The monoisotopic (exact) mass is 420 g/mol. The third-order valence-corrected chi connectivity index (χ3v) is 6.70. The molecule has 6 heteroatoms. The van der Waals surface area contributed by atoms with E-state index in [-0.39, 0.29) is 23.8 Å². The summed E-state index contributed by atoms with van der Waals surface area (Å²) in [7, 11) is 0. The lowest BCUT2D eigenvalue weighted by Crippen LogP contribution is -2.50. The maximum atomic E-state index is 12.4. The van der Waals surface area contributed by atoms with E-state index in [1.807, 2.05) is 12.1 Å². The van der Waals surface area contributed by atoms with Crippen molar-refractivity contribution in [1.82, 2.24) is 10.9 Å². The van der Waals surface area contributed by atoms with Gasteiger partial charge in [0.25, 0.3) is 5.91 Å². The minimum atomic E-state index is -0.358. The zero-order valence-electron chi connectivity index (χ0n) is 14.8. The van der Waals surface area contributed by atoms with Crippen LogP contribution in [0, 0.1) is 23.2 Å². The van der Waals surface area contributed by atoms with Crippen molar-refractivity contribution in [2.45, 2.75) is 44.9 Å². The van der Waals surface area contributed by atoms with Gasteiger partial charge in [0.15, 0.2) is 6.61 Å². The Bertz CT molecular complexity index is 671. The van der Waals surface area contributed by atoms with Crippen molar-refractivity contribution in [3.63, 3.8) is 0 Å². The maximum Gasteiger partial charge on any atom is 0.276 e. The second kappa shape index (κ2) is 7.22. The number of amides is 2. The molecule has 0 radical (unpaired) electrons. The van der Waals surface area contributed by atoms with Crippen molar-refractivity contribution in [3.05, 3.63) is 28.7 Å². The molecular formula is C20H25BrN2O3. The van der Waals surface area contributed by atoms with Crippen LogP contribution in [0.2, 0.25) is 0 Å². The Morgan fingerprint density at radius 2 is 1.65 bits per heavy atom. The van der Waals surface area contributed by atoms with E-state index in [0.717, 1.165) is 22.2 Å². The Hall–Kier alpha value is -1.56. The van der Waals surface area contributed by atoms with Gasteiger partial charge in [0, 0.05) is 10.9 Å². The Morgan fingerprint density at radius 1 is 1.04 bits per heavy atom. The van der Waals surface area contributed by atoms with Crippen LogP contribution in [-0.4, -0.2) is 18.4 Å². The van der Waals surface area contributed by atoms with E-state index in [1.54, 1.807) is 12.1 Å². The molecule has 0 saturated heterocycles. The first kappa shape index (κ1) is 17.8. The predicted molar refractivity (Wildman–Crippen MR) is 101 cm³/mol. The highest BCUT2D eigenvalue weighted by Gasteiger charge is 2.51. The largest absolute Gasteiger partial charge is 0.484 e. The Balaban J connectivity index is 1.22. The molecule has 0 aromatic heterocycles. The number of ether oxygens (including phenoxy) is 1. The summed E-state index contributed by atoms with van der Waals surface area (Å²) in [5.41, 5.74) is 5.23. The van der Waals surface area contributed by atoms with Gasteiger partial charge in [-0.25, -0.2) is 0 Å². The van der Waals surface area contributed by atoms with E-state index >= 15 is 0 Å². The van der Waals surface area contributed by atoms with Crippen LogP contribution in [0.25, 0.3) is 0 Å². The van der Waals surface area contributed by atoms with Gasteiger partial charge in [-0.15, -0.1) is 0 Å².